The molecule has 14 heavy (non-hydrogen) atoms. The van der Waals surface area contributed by atoms with Crippen LogP contribution in [-0.4, -0.2) is 4.98 Å². The standard InChI is InChI=1S/C11H11N.C2H6/c1-9-7-10-5-3-2-4-6-11(10)8-12-9;1-2/h3-8H,2H2,1H3;1-2H3. The van der Waals surface area contributed by atoms with Crippen molar-refractivity contribution in [1.82, 2.24) is 4.98 Å². The Hall–Kier alpha value is -1.37. The van der Waals surface area contributed by atoms with Gasteiger partial charge in [0.2, 0.25) is 0 Å². The third kappa shape index (κ3) is 2.56. The van der Waals surface area contributed by atoms with E-state index in [0.29, 0.717) is 0 Å². The SMILES string of the molecule is CC.Cc1cc2c(cn1)C=CCC=C2. The van der Waals surface area contributed by atoms with Crippen LogP contribution < -0.4 is 0 Å². The fraction of sp³-hybridized carbons (Fsp3) is 0.308. The van der Waals surface area contributed by atoms with E-state index in [0.717, 1.165) is 12.1 Å². The van der Waals surface area contributed by atoms with Crippen LogP contribution in [0, 0.1) is 6.92 Å². The summed E-state index contributed by atoms with van der Waals surface area (Å²) >= 11 is 0. The molecule has 74 valence electrons. The average Bonchev–Trinajstić information content (AvgIpc) is 2.45. The minimum absolute atomic E-state index is 1.02. The van der Waals surface area contributed by atoms with E-state index in [1.165, 1.54) is 11.1 Å². The van der Waals surface area contributed by atoms with Gasteiger partial charge in [0.1, 0.15) is 0 Å². The molecule has 0 spiro atoms. The minimum atomic E-state index is 1.02. The molecule has 1 heterocycles. The van der Waals surface area contributed by atoms with Crippen LogP contribution in [-0.2, 0) is 0 Å². The van der Waals surface area contributed by atoms with E-state index >= 15 is 0 Å². The summed E-state index contributed by atoms with van der Waals surface area (Å²) in [5.74, 6) is 0. The second-order valence-corrected chi connectivity index (χ2v) is 3.00. The summed E-state index contributed by atoms with van der Waals surface area (Å²) in [6.45, 7) is 6.02. The quantitative estimate of drug-likeness (QED) is 0.601. The summed E-state index contributed by atoms with van der Waals surface area (Å²) in [6, 6.07) is 2.11. The van der Waals surface area contributed by atoms with Crippen LogP contribution in [0.15, 0.2) is 24.4 Å². The summed E-state index contributed by atoms with van der Waals surface area (Å²) < 4.78 is 0. The molecule has 0 saturated heterocycles. The number of aromatic nitrogens is 1. The summed E-state index contributed by atoms with van der Waals surface area (Å²) in [5, 5.41) is 0. The molecule has 1 nitrogen and oxygen atoms in total. The number of nitrogens with zero attached hydrogens (tertiary/aromatic N) is 1. The van der Waals surface area contributed by atoms with Crippen molar-refractivity contribution < 1.29 is 0 Å². The van der Waals surface area contributed by atoms with Crippen LogP contribution in [0.25, 0.3) is 12.2 Å². The molecular weight excluding hydrogens is 170 g/mol. The molecule has 1 aliphatic carbocycles. The summed E-state index contributed by atoms with van der Waals surface area (Å²) in [4.78, 5) is 4.25. The minimum Gasteiger partial charge on any atom is -0.261 e. The van der Waals surface area contributed by atoms with E-state index in [1.807, 2.05) is 27.0 Å². The van der Waals surface area contributed by atoms with Crippen molar-refractivity contribution in [3.63, 3.8) is 0 Å². The van der Waals surface area contributed by atoms with Gasteiger partial charge in [0, 0.05) is 11.9 Å². The van der Waals surface area contributed by atoms with Gasteiger partial charge in [-0.2, -0.15) is 0 Å². The van der Waals surface area contributed by atoms with Gasteiger partial charge in [-0.05, 0) is 30.5 Å². The molecular formula is C13H17N. The van der Waals surface area contributed by atoms with Gasteiger partial charge < -0.3 is 0 Å². The first-order chi connectivity index (χ1) is 6.86. The molecule has 0 unspecified atom stereocenters. The van der Waals surface area contributed by atoms with Crippen LogP contribution in [0.4, 0.5) is 0 Å². The first-order valence-electron chi connectivity index (χ1n) is 5.16. The normalized spacial score (nSPS) is 12.5. The molecule has 0 aliphatic heterocycles. The Morgan fingerprint density at radius 3 is 2.43 bits per heavy atom. The summed E-state index contributed by atoms with van der Waals surface area (Å²) in [7, 11) is 0. The highest BCUT2D eigenvalue weighted by Gasteiger charge is 1.98. The lowest BCUT2D eigenvalue weighted by Gasteiger charge is -1.99. The Bertz CT molecular complexity index is 348. The van der Waals surface area contributed by atoms with E-state index in [-0.39, 0.29) is 0 Å². The molecule has 1 aromatic rings. The lowest BCUT2D eigenvalue weighted by Crippen LogP contribution is -1.85. The summed E-state index contributed by atoms with van der Waals surface area (Å²) in [5.41, 5.74) is 3.57. The van der Waals surface area contributed by atoms with E-state index in [2.05, 4.69) is 35.4 Å². The van der Waals surface area contributed by atoms with Gasteiger partial charge >= 0.3 is 0 Å². The van der Waals surface area contributed by atoms with E-state index in [4.69, 9.17) is 0 Å². The monoisotopic (exact) mass is 187 g/mol. The Balaban J connectivity index is 0.000000461. The number of rotatable bonds is 0. The van der Waals surface area contributed by atoms with Gasteiger partial charge in [-0.15, -0.1) is 0 Å². The molecule has 1 aliphatic rings. The molecule has 0 fully saturated rings. The second-order valence-electron chi connectivity index (χ2n) is 3.00. The van der Waals surface area contributed by atoms with E-state index in [9.17, 15) is 0 Å². The highest BCUT2D eigenvalue weighted by Crippen LogP contribution is 2.16. The van der Waals surface area contributed by atoms with Gasteiger partial charge in [0.15, 0.2) is 0 Å². The van der Waals surface area contributed by atoms with Crippen molar-refractivity contribution >= 4 is 12.2 Å². The number of allylic oxidation sites excluding steroid dienone is 2. The number of aryl methyl sites for hydroxylation is 1. The predicted octanol–water partition coefficient (Wildman–Crippen LogP) is 3.85. The molecule has 0 amide bonds. The third-order valence-electron chi connectivity index (χ3n) is 1.97. The third-order valence-corrected chi connectivity index (χ3v) is 1.97. The lowest BCUT2D eigenvalue weighted by atomic mass is 10.1. The van der Waals surface area contributed by atoms with Gasteiger partial charge in [-0.1, -0.05) is 38.2 Å². The average molecular weight is 187 g/mol. The predicted molar refractivity (Wildman–Crippen MR) is 63.0 cm³/mol. The first kappa shape index (κ1) is 10.7. The zero-order chi connectivity index (χ0) is 10.4. The molecule has 0 radical (unpaired) electrons. The smallest absolute Gasteiger partial charge is 0.0379 e. The number of hydrogen-bond acceptors (Lipinski definition) is 1. The fourth-order valence-corrected chi connectivity index (χ4v) is 1.34. The van der Waals surface area contributed by atoms with Crippen LogP contribution in [0.2, 0.25) is 0 Å². The Labute approximate surface area is 86.2 Å². The number of hydrogen-bond donors (Lipinski definition) is 0. The molecule has 1 heteroatoms. The molecule has 0 saturated carbocycles. The highest BCUT2D eigenvalue weighted by molar-refractivity contribution is 5.66. The van der Waals surface area contributed by atoms with E-state index < -0.39 is 0 Å². The molecule has 0 bridgehead atoms. The molecule has 0 atom stereocenters. The van der Waals surface area contributed by atoms with Crippen molar-refractivity contribution in [2.75, 3.05) is 0 Å². The van der Waals surface area contributed by atoms with Crippen LogP contribution in [0.1, 0.15) is 37.1 Å². The zero-order valence-corrected chi connectivity index (χ0v) is 9.12. The van der Waals surface area contributed by atoms with Crippen LogP contribution in [0.5, 0.6) is 0 Å². The maximum absolute atomic E-state index is 4.25. The lowest BCUT2D eigenvalue weighted by molar-refractivity contribution is 1.19. The zero-order valence-electron chi connectivity index (χ0n) is 9.12. The fourth-order valence-electron chi connectivity index (χ4n) is 1.34. The maximum atomic E-state index is 4.25. The maximum Gasteiger partial charge on any atom is 0.0379 e. The Morgan fingerprint density at radius 2 is 1.71 bits per heavy atom. The number of fused-ring (bicyclic) bond motifs is 1. The largest absolute Gasteiger partial charge is 0.261 e. The second kappa shape index (κ2) is 5.38. The van der Waals surface area contributed by atoms with Crippen molar-refractivity contribution in [3.05, 3.63) is 41.2 Å². The van der Waals surface area contributed by atoms with Crippen LogP contribution >= 0.6 is 0 Å². The van der Waals surface area contributed by atoms with Crippen molar-refractivity contribution in [1.29, 1.82) is 0 Å². The molecule has 0 aromatic carbocycles. The Morgan fingerprint density at radius 1 is 1.07 bits per heavy atom. The Kier molecular flexibility index (Phi) is 4.11. The molecule has 2 rings (SSSR count). The van der Waals surface area contributed by atoms with Gasteiger partial charge in [-0.25, -0.2) is 0 Å². The van der Waals surface area contributed by atoms with Gasteiger partial charge in [0.25, 0.3) is 0 Å². The molecule has 1 aromatic heterocycles. The topological polar surface area (TPSA) is 12.9 Å². The highest BCUT2D eigenvalue weighted by atomic mass is 14.7. The van der Waals surface area contributed by atoms with Crippen molar-refractivity contribution in [2.45, 2.75) is 27.2 Å². The number of pyridine rings is 1. The van der Waals surface area contributed by atoms with Crippen molar-refractivity contribution in [2.24, 2.45) is 0 Å². The van der Waals surface area contributed by atoms with E-state index in [1.54, 1.807) is 0 Å². The first-order valence-corrected chi connectivity index (χ1v) is 5.16. The van der Waals surface area contributed by atoms with Crippen LogP contribution in [0.3, 0.4) is 0 Å². The molecule has 0 N–H and O–H groups in total. The van der Waals surface area contributed by atoms with Crippen molar-refractivity contribution in [3.8, 4) is 0 Å². The van der Waals surface area contributed by atoms with Gasteiger partial charge in [-0.3, -0.25) is 4.98 Å². The van der Waals surface area contributed by atoms with Gasteiger partial charge in [0.05, 0.1) is 0 Å². The summed E-state index contributed by atoms with van der Waals surface area (Å²) in [6.07, 6.45) is 11.6.